The molecular weight excluding hydrogens is 356 g/mol. The number of carbonyl (C=O) groups excluding carboxylic acids is 3. The van der Waals surface area contributed by atoms with E-state index in [9.17, 15) is 24.3 Å². The standard InChI is InChI=1S/C17H32N4O6/c1-8(2)6-11(18)15(25)20-13(9(3)4)17(27)21-14(10(5)22)16(26)19-7-12(23)24/h8-11,13-14,22H,6-7,18H2,1-5H3,(H,19,26)(H,20,25)(H,21,27)(H,23,24). The SMILES string of the molecule is CC(C)CC(N)C(=O)NC(C(=O)NC(C(=O)NCC(=O)O)C(C)O)C(C)C. The van der Waals surface area contributed by atoms with Crippen molar-refractivity contribution in [2.45, 2.75) is 65.3 Å². The zero-order valence-corrected chi connectivity index (χ0v) is 16.5. The molecule has 0 aliphatic rings. The number of rotatable bonds is 11. The van der Waals surface area contributed by atoms with E-state index in [0.29, 0.717) is 6.42 Å². The maximum Gasteiger partial charge on any atom is 0.322 e. The quantitative estimate of drug-likeness (QED) is 0.252. The summed E-state index contributed by atoms with van der Waals surface area (Å²) in [5.74, 6) is -3.36. The van der Waals surface area contributed by atoms with Gasteiger partial charge in [0.05, 0.1) is 12.1 Å². The molecule has 0 heterocycles. The Morgan fingerprint density at radius 3 is 1.81 bits per heavy atom. The first-order valence-electron chi connectivity index (χ1n) is 8.90. The summed E-state index contributed by atoms with van der Waals surface area (Å²) >= 11 is 0. The van der Waals surface area contributed by atoms with Crippen LogP contribution in [0.4, 0.5) is 0 Å². The van der Waals surface area contributed by atoms with Gasteiger partial charge in [-0.15, -0.1) is 0 Å². The molecule has 0 rings (SSSR count). The van der Waals surface area contributed by atoms with Crippen LogP contribution in [0.15, 0.2) is 0 Å². The largest absolute Gasteiger partial charge is 0.480 e. The van der Waals surface area contributed by atoms with Gasteiger partial charge in [0, 0.05) is 0 Å². The van der Waals surface area contributed by atoms with Crippen LogP contribution in [0.5, 0.6) is 0 Å². The van der Waals surface area contributed by atoms with Crippen molar-refractivity contribution in [3.63, 3.8) is 0 Å². The van der Waals surface area contributed by atoms with Gasteiger partial charge in [0.2, 0.25) is 17.7 Å². The molecule has 0 spiro atoms. The lowest BCUT2D eigenvalue weighted by molar-refractivity contribution is -0.139. The first kappa shape index (κ1) is 24.8. The van der Waals surface area contributed by atoms with Gasteiger partial charge < -0.3 is 31.9 Å². The van der Waals surface area contributed by atoms with Crippen LogP contribution in [0.25, 0.3) is 0 Å². The molecule has 0 bridgehead atoms. The van der Waals surface area contributed by atoms with Gasteiger partial charge in [-0.25, -0.2) is 0 Å². The molecule has 0 aromatic carbocycles. The molecule has 27 heavy (non-hydrogen) atoms. The van der Waals surface area contributed by atoms with E-state index in [4.69, 9.17) is 10.8 Å². The van der Waals surface area contributed by atoms with E-state index < -0.39 is 54.5 Å². The lowest BCUT2D eigenvalue weighted by atomic mass is 10.00. The minimum Gasteiger partial charge on any atom is -0.480 e. The number of carbonyl (C=O) groups is 4. The summed E-state index contributed by atoms with van der Waals surface area (Å²) in [5.41, 5.74) is 5.83. The van der Waals surface area contributed by atoms with E-state index in [0.717, 1.165) is 0 Å². The van der Waals surface area contributed by atoms with E-state index in [1.54, 1.807) is 13.8 Å². The molecule has 156 valence electrons. The number of aliphatic carboxylic acids is 1. The van der Waals surface area contributed by atoms with Gasteiger partial charge in [-0.2, -0.15) is 0 Å². The van der Waals surface area contributed by atoms with Crippen molar-refractivity contribution >= 4 is 23.7 Å². The summed E-state index contributed by atoms with van der Waals surface area (Å²) in [4.78, 5) is 47.3. The molecule has 0 aliphatic carbocycles. The van der Waals surface area contributed by atoms with Crippen LogP contribution in [0.1, 0.15) is 41.0 Å². The van der Waals surface area contributed by atoms with Crippen molar-refractivity contribution in [1.29, 1.82) is 0 Å². The van der Waals surface area contributed by atoms with Crippen LogP contribution >= 0.6 is 0 Å². The number of carboxylic acid groups (broad SMARTS) is 1. The molecule has 0 aliphatic heterocycles. The predicted molar refractivity (Wildman–Crippen MR) is 98.5 cm³/mol. The lowest BCUT2D eigenvalue weighted by Crippen LogP contribution is -2.59. The monoisotopic (exact) mass is 388 g/mol. The zero-order valence-electron chi connectivity index (χ0n) is 16.5. The van der Waals surface area contributed by atoms with Crippen molar-refractivity contribution < 1.29 is 29.4 Å². The molecule has 7 N–H and O–H groups in total. The van der Waals surface area contributed by atoms with E-state index in [2.05, 4.69) is 16.0 Å². The van der Waals surface area contributed by atoms with E-state index in [1.165, 1.54) is 6.92 Å². The molecule has 10 nitrogen and oxygen atoms in total. The third-order valence-corrected chi connectivity index (χ3v) is 3.79. The molecule has 0 fully saturated rings. The van der Waals surface area contributed by atoms with E-state index in [-0.39, 0.29) is 11.8 Å². The number of amides is 3. The second kappa shape index (κ2) is 11.5. The minimum absolute atomic E-state index is 0.203. The molecule has 3 amide bonds. The number of hydrogen-bond donors (Lipinski definition) is 6. The maximum atomic E-state index is 12.5. The van der Waals surface area contributed by atoms with Crippen molar-refractivity contribution in [3.05, 3.63) is 0 Å². The lowest BCUT2D eigenvalue weighted by Gasteiger charge is -2.27. The van der Waals surface area contributed by atoms with Crippen LogP contribution in [0, 0.1) is 11.8 Å². The van der Waals surface area contributed by atoms with Crippen molar-refractivity contribution in [2.24, 2.45) is 17.6 Å². The fourth-order valence-electron chi connectivity index (χ4n) is 2.33. The summed E-state index contributed by atoms with van der Waals surface area (Å²) in [6.07, 6.45) is -0.818. The molecule has 4 atom stereocenters. The third-order valence-electron chi connectivity index (χ3n) is 3.79. The van der Waals surface area contributed by atoms with E-state index >= 15 is 0 Å². The Hall–Kier alpha value is -2.20. The van der Waals surface area contributed by atoms with Crippen molar-refractivity contribution in [2.75, 3.05) is 6.54 Å². The van der Waals surface area contributed by atoms with Crippen LogP contribution in [0.2, 0.25) is 0 Å². The zero-order chi connectivity index (χ0) is 21.3. The smallest absolute Gasteiger partial charge is 0.322 e. The Morgan fingerprint density at radius 2 is 1.41 bits per heavy atom. The number of nitrogens with two attached hydrogens (primary N) is 1. The number of hydrogen-bond acceptors (Lipinski definition) is 6. The first-order valence-corrected chi connectivity index (χ1v) is 8.90. The molecule has 0 aromatic rings. The number of carboxylic acids is 1. The number of nitrogens with one attached hydrogen (secondary N) is 3. The summed E-state index contributed by atoms with van der Waals surface area (Å²) in [6, 6.07) is -3.10. The number of aliphatic hydroxyl groups is 1. The molecule has 0 aromatic heterocycles. The Morgan fingerprint density at radius 1 is 0.889 bits per heavy atom. The minimum atomic E-state index is -1.36. The molecule has 4 unspecified atom stereocenters. The normalized spacial score (nSPS) is 15.6. The molecule has 0 saturated heterocycles. The highest BCUT2D eigenvalue weighted by atomic mass is 16.4. The van der Waals surface area contributed by atoms with Gasteiger partial charge >= 0.3 is 5.97 Å². The van der Waals surface area contributed by atoms with Crippen LogP contribution in [-0.2, 0) is 19.2 Å². The predicted octanol–water partition coefficient (Wildman–Crippen LogP) is -1.43. The van der Waals surface area contributed by atoms with Crippen LogP contribution < -0.4 is 21.7 Å². The van der Waals surface area contributed by atoms with Crippen LogP contribution in [0.3, 0.4) is 0 Å². The number of aliphatic hydroxyl groups excluding tert-OH is 1. The maximum absolute atomic E-state index is 12.5. The fraction of sp³-hybridized carbons (Fsp3) is 0.765. The highest BCUT2D eigenvalue weighted by molar-refractivity contribution is 5.94. The Kier molecular flexibility index (Phi) is 10.6. The first-order chi connectivity index (χ1) is 12.4. The second-order valence-electron chi connectivity index (χ2n) is 7.30. The van der Waals surface area contributed by atoms with Gasteiger partial charge in [-0.1, -0.05) is 27.7 Å². The Balaban J connectivity index is 5.09. The Bertz CT molecular complexity index is 536. The topological polar surface area (TPSA) is 171 Å². The molecular formula is C17H32N4O6. The highest BCUT2D eigenvalue weighted by Crippen LogP contribution is 2.07. The Labute approximate surface area is 159 Å². The second-order valence-corrected chi connectivity index (χ2v) is 7.30. The molecule has 0 radical (unpaired) electrons. The third kappa shape index (κ3) is 9.34. The molecule has 10 heteroatoms. The van der Waals surface area contributed by atoms with Gasteiger partial charge in [0.25, 0.3) is 0 Å². The average molecular weight is 388 g/mol. The van der Waals surface area contributed by atoms with Gasteiger partial charge in [0.1, 0.15) is 18.6 Å². The summed E-state index contributed by atoms with van der Waals surface area (Å²) < 4.78 is 0. The highest BCUT2D eigenvalue weighted by Gasteiger charge is 2.32. The molecule has 0 saturated carbocycles. The van der Waals surface area contributed by atoms with Crippen molar-refractivity contribution in [3.8, 4) is 0 Å². The van der Waals surface area contributed by atoms with E-state index in [1.807, 2.05) is 13.8 Å². The van der Waals surface area contributed by atoms with Crippen LogP contribution in [-0.4, -0.2) is 64.7 Å². The summed E-state index contributed by atoms with van der Waals surface area (Å²) in [7, 11) is 0. The van der Waals surface area contributed by atoms with Gasteiger partial charge in [-0.05, 0) is 25.2 Å². The average Bonchev–Trinajstić information content (AvgIpc) is 2.53. The summed E-state index contributed by atoms with van der Waals surface area (Å²) in [5, 5.41) is 25.4. The fourth-order valence-corrected chi connectivity index (χ4v) is 2.33. The van der Waals surface area contributed by atoms with Gasteiger partial charge in [-0.3, -0.25) is 19.2 Å². The van der Waals surface area contributed by atoms with Crippen molar-refractivity contribution in [1.82, 2.24) is 16.0 Å². The van der Waals surface area contributed by atoms with Gasteiger partial charge in [0.15, 0.2) is 0 Å². The summed E-state index contributed by atoms with van der Waals surface area (Å²) in [6.45, 7) is 7.89.